The minimum atomic E-state index is -0.334. The maximum atomic E-state index is 11.7. The molecule has 1 heterocycles. The summed E-state index contributed by atoms with van der Waals surface area (Å²) in [6.45, 7) is 6.04. The summed E-state index contributed by atoms with van der Waals surface area (Å²) in [7, 11) is 1.38. The average Bonchev–Trinajstić information content (AvgIpc) is 2.57. The molecule has 1 saturated heterocycles. The van der Waals surface area contributed by atoms with Gasteiger partial charge in [-0.25, -0.2) is 4.79 Å². The quantitative estimate of drug-likeness (QED) is 0.581. The molecule has 18 heavy (non-hydrogen) atoms. The van der Waals surface area contributed by atoms with Gasteiger partial charge in [0.1, 0.15) is 10.4 Å². The fraction of sp³-hybridized carbons (Fsp3) is 0.727. The van der Waals surface area contributed by atoms with Gasteiger partial charge in [-0.05, 0) is 13.8 Å². The largest absolute Gasteiger partial charge is 0.467 e. The molecule has 0 aliphatic carbocycles. The van der Waals surface area contributed by atoms with Crippen LogP contribution in [0.4, 0.5) is 0 Å². The molecule has 0 N–H and O–H groups in total. The molecular formula is C11H17NO3S3. The number of rotatable bonds is 4. The van der Waals surface area contributed by atoms with Crippen molar-refractivity contribution in [3.8, 4) is 0 Å². The van der Waals surface area contributed by atoms with E-state index in [-0.39, 0.29) is 21.9 Å². The molecule has 0 aromatic carbocycles. The predicted octanol–water partition coefficient (Wildman–Crippen LogP) is 1.92. The van der Waals surface area contributed by atoms with Crippen LogP contribution in [0.1, 0.15) is 20.8 Å². The van der Waals surface area contributed by atoms with Gasteiger partial charge in [-0.3, -0.25) is 4.79 Å². The zero-order valence-corrected chi connectivity index (χ0v) is 13.3. The first kappa shape index (κ1) is 15.8. The lowest BCUT2D eigenvalue weighted by atomic mass is 10.1. The van der Waals surface area contributed by atoms with Crippen LogP contribution in [0.15, 0.2) is 0 Å². The molecule has 0 saturated carbocycles. The second-order valence-electron chi connectivity index (χ2n) is 4.60. The van der Waals surface area contributed by atoms with Gasteiger partial charge in [0.25, 0.3) is 0 Å². The molecule has 0 unspecified atom stereocenters. The molecule has 4 nitrogen and oxygen atoms in total. The van der Waals surface area contributed by atoms with E-state index in [1.807, 2.05) is 18.7 Å². The van der Waals surface area contributed by atoms with Crippen molar-refractivity contribution in [2.24, 2.45) is 0 Å². The number of hydrogen-bond donors (Lipinski definition) is 0. The summed E-state index contributed by atoms with van der Waals surface area (Å²) >= 11 is 8.00. The average molecular weight is 307 g/mol. The van der Waals surface area contributed by atoms with Gasteiger partial charge in [0.15, 0.2) is 5.12 Å². The molecule has 0 radical (unpaired) electrons. The van der Waals surface area contributed by atoms with Crippen LogP contribution in [0.25, 0.3) is 0 Å². The number of nitrogens with zero attached hydrogens (tertiary/aromatic N) is 1. The van der Waals surface area contributed by atoms with Crippen LogP contribution in [-0.4, -0.2) is 50.5 Å². The molecule has 0 bridgehead atoms. The SMILES string of the molecule is COC(=O)[C@@H]1CSC(=S)N1CC(C)(C)SC(C)=O. The van der Waals surface area contributed by atoms with Crippen molar-refractivity contribution in [2.45, 2.75) is 31.6 Å². The third-order valence-electron chi connectivity index (χ3n) is 2.42. The Bertz CT molecular complexity index is 371. The molecule has 0 spiro atoms. The van der Waals surface area contributed by atoms with Crippen LogP contribution in [-0.2, 0) is 14.3 Å². The van der Waals surface area contributed by atoms with Crippen molar-refractivity contribution in [3.05, 3.63) is 0 Å². The molecule has 0 aromatic heterocycles. The number of methoxy groups -OCH3 is 1. The third-order valence-corrected chi connectivity index (χ3v) is 4.94. The summed E-state index contributed by atoms with van der Waals surface area (Å²) in [6, 6.07) is -0.334. The molecule has 1 aliphatic heterocycles. The molecule has 1 fully saturated rings. The van der Waals surface area contributed by atoms with E-state index in [1.54, 1.807) is 6.92 Å². The fourth-order valence-electron chi connectivity index (χ4n) is 1.79. The third kappa shape index (κ3) is 4.13. The first-order valence-corrected chi connectivity index (χ1v) is 7.68. The van der Waals surface area contributed by atoms with Gasteiger partial charge in [0.05, 0.1) is 7.11 Å². The van der Waals surface area contributed by atoms with Crippen LogP contribution in [0.5, 0.6) is 0 Å². The Kier molecular flexibility index (Phi) is 5.48. The summed E-state index contributed by atoms with van der Waals surface area (Å²) < 4.78 is 5.19. The highest BCUT2D eigenvalue weighted by Gasteiger charge is 2.38. The van der Waals surface area contributed by atoms with Crippen molar-refractivity contribution < 1.29 is 14.3 Å². The topological polar surface area (TPSA) is 46.6 Å². The number of carbonyl (C=O) groups is 2. The molecule has 0 aromatic rings. The Balaban J connectivity index is 2.76. The molecule has 0 amide bonds. The number of hydrogen-bond acceptors (Lipinski definition) is 6. The molecule has 7 heteroatoms. The highest BCUT2D eigenvalue weighted by Crippen LogP contribution is 2.32. The summed E-state index contributed by atoms with van der Waals surface area (Å²) in [5.41, 5.74) is 0. The van der Waals surface area contributed by atoms with Gasteiger partial charge in [-0.1, -0.05) is 35.7 Å². The Morgan fingerprint density at radius 1 is 1.61 bits per heavy atom. The van der Waals surface area contributed by atoms with Crippen molar-refractivity contribution in [1.82, 2.24) is 4.90 Å². The number of carbonyl (C=O) groups excluding carboxylic acids is 2. The number of thioether (sulfide) groups is 2. The Morgan fingerprint density at radius 2 is 2.22 bits per heavy atom. The van der Waals surface area contributed by atoms with Crippen molar-refractivity contribution in [1.29, 1.82) is 0 Å². The lowest BCUT2D eigenvalue weighted by molar-refractivity contribution is -0.144. The lowest BCUT2D eigenvalue weighted by Crippen LogP contribution is -2.46. The smallest absolute Gasteiger partial charge is 0.329 e. The molecular weight excluding hydrogens is 290 g/mol. The van der Waals surface area contributed by atoms with E-state index in [0.29, 0.717) is 16.6 Å². The molecule has 102 valence electrons. The van der Waals surface area contributed by atoms with E-state index in [9.17, 15) is 9.59 Å². The number of thiocarbonyl (C=S) groups is 1. The van der Waals surface area contributed by atoms with Gasteiger partial charge >= 0.3 is 5.97 Å². The first-order chi connectivity index (χ1) is 8.26. The highest BCUT2D eigenvalue weighted by atomic mass is 32.2. The van der Waals surface area contributed by atoms with Crippen LogP contribution in [0, 0.1) is 0 Å². The number of esters is 1. The Morgan fingerprint density at radius 3 is 2.72 bits per heavy atom. The standard InChI is InChI=1S/C11H17NO3S3/c1-7(13)18-11(2,3)6-12-8(9(14)15-4)5-17-10(12)16/h8H,5-6H2,1-4H3/t8-/m0/s1. The number of ether oxygens (including phenoxy) is 1. The van der Waals surface area contributed by atoms with Crippen molar-refractivity contribution in [2.75, 3.05) is 19.4 Å². The van der Waals surface area contributed by atoms with Crippen LogP contribution >= 0.6 is 35.7 Å². The van der Waals surface area contributed by atoms with Gasteiger partial charge in [-0.15, -0.1) is 0 Å². The Hall–Kier alpha value is -0.270. The maximum absolute atomic E-state index is 11.7. The highest BCUT2D eigenvalue weighted by molar-refractivity contribution is 8.23. The fourth-order valence-corrected chi connectivity index (χ4v) is 4.14. The monoisotopic (exact) mass is 307 g/mol. The van der Waals surface area contributed by atoms with E-state index < -0.39 is 0 Å². The predicted molar refractivity (Wildman–Crippen MR) is 79.9 cm³/mol. The maximum Gasteiger partial charge on any atom is 0.329 e. The Labute approximate surface area is 121 Å². The second kappa shape index (κ2) is 6.25. The minimum absolute atomic E-state index is 0.0624. The molecule has 1 atom stereocenters. The van der Waals surface area contributed by atoms with E-state index in [1.165, 1.54) is 30.6 Å². The van der Waals surface area contributed by atoms with Gasteiger partial charge in [0.2, 0.25) is 0 Å². The zero-order valence-electron chi connectivity index (χ0n) is 10.9. The van der Waals surface area contributed by atoms with Gasteiger partial charge in [0, 0.05) is 24.0 Å². The summed E-state index contributed by atoms with van der Waals surface area (Å²) in [4.78, 5) is 24.7. The second-order valence-corrected chi connectivity index (χ2v) is 8.14. The molecule has 1 aliphatic rings. The summed E-state index contributed by atoms with van der Waals surface area (Å²) in [5.74, 6) is 0.345. The van der Waals surface area contributed by atoms with Crippen molar-refractivity contribution >= 4 is 51.1 Å². The van der Waals surface area contributed by atoms with E-state index in [4.69, 9.17) is 17.0 Å². The van der Waals surface area contributed by atoms with Crippen molar-refractivity contribution in [3.63, 3.8) is 0 Å². The van der Waals surface area contributed by atoms with E-state index in [0.717, 1.165) is 0 Å². The van der Waals surface area contributed by atoms with Crippen LogP contribution in [0.2, 0.25) is 0 Å². The minimum Gasteiger partial charge on any atom is -0.467 e. The van der Waals surface area contributed by atoms with Crippen LogP contribution < -0.4 is 0 Å². The van der Waals surface area contributed by atoms with Crippen LogP contribution in [0.3, 0.4) is 0 Å². The zero-order chi connectivity index (χ0) is 13.9. The molecule has 1 rings (SSSR count). The first-order valence-electron chi connectivity index (χ1n) is 5.47. The van der Waals surface area contributed by atoms with Gasteiger partial charge < -0.3 is 9.64 Å². The normalized spacial score (nSPS) is 20.1. The lowest BCUT2D eigenvalue weighted by Gasteiger charge is -2.32. The van der Waals surface area contributed by atoms with E-state index in [2.05, 4.69) is 0 Å². The van der Waals surface area contributed by atoms with E-state index >= 15 is 0 Å². The van der Waals surface area contributed by atoms with Gasteiger partial charge in [-0.2, -0.15) is 0 Å². The summed E-state index contributed by atoms with van der Waals surface area (Å²) in [5, 5.41) is 0.0624. The summed E-state index contributed by atoms with van der Waals surface area (Å²) in [6.07, 6.45) is 0.